The number of hydrogen-bond donors (Lipinski definition) is 1. The molecule has 0 aromatic heterocycles. The second-order valence-electron chi connectivity index (χ2n) is 5.83. The van der Waals surface area contributed by atoms with Crippen LogP contribution in [0.3, 0.4) is 0 Å². The Hall–Kier alpha value is -0.820. The minimum atomic E-state index is -0.270. The highest BCUT2D eigenvalue weighted by Crippen LogP contribution is 2.41. The minimum absolute atomic E-state index is 0.270. The lowest BCUT2D eigenvalue weighted by Crippen LogP contribution is -2.17. The molecule has 0 heterocycles. The Balaban J connectivity index is 2.33. The van der Waals surface area contributed by atoms with Gasteiger partial charge in [-0.3, -0.25) is 0 Å². The number of hydrogen-bond acceptors (Lipinski definition) is 1. The van der Waals surface area contributed by atoms with Gasteiger partial charge < -0.3 is 5.11 Å². The molecule has 1 aliphatic rings. The van der Waals surface area contributed by atoms with Crippen molar-refractivity contribution in [2.24, 2.45) is 11.8 Å². The van der Waals surface area contributed by atoms with E-state index in [1.54, 1.807) is 0 Å². The van der Waals surface area contributed by atoms with Gasteiger partial charge in [-0.05, 0) is 55.7 Å². The fourth-order valence-electron chi connectivity index (χ4n) is 3.51. The normalized spacial score (nSPS) is 26.2. The molecule has 0 saturated heterocycles. The smallest absolute Gasteiger partial charge is 0.0825 e. The van der Waals surface area contributed by atoms with Crippen molar-refractivity contribution in [1.82, 2.24) is 0 Å². The van der Waals surface area contributed by atoms with E-state index in [1.807, 2.05) is 0 Å². The van der Waals surface area contributed by atoms with Crippen molar-refractivity contribution in [2.45, 2.75) is 53.1 Å². The monoisotopic (exact) mass is 232 g/mol. The number of rotatable bonds is 2. The lowest BCUT2D eigenvalue weighted by molar-refractivity contribution is 0.0889. The number of aliphatic hydroxyl groups is 1. The zero-order valence-electron chi connectivity index (χ0n) is 11.5. The lowest BCUT2D eigenvalue weighted by atomic mass is 9.84. The van der Waals surface area contributed by atoms with Gasteiger partial charge in [-0.15, -0.1) is 0 Å². The molecule has 0 radical (unpaired) electrons. The molecule has 1 saturated carbocycles. The summed E-state index contributed by atoms with van der Waals surface area (Å²) < 4.78 is 0. The Labute approximate surface area is 105 Å². The van der Waals surface area contributed by atoms with Crippen LogP contribution in [-0.4, -0.2) is 5.11 Å². The summed E-state index contributed by atoms with van der Waals surface area (Å²) in [6, 6.07) is 4.37. The summed E-state index contributed by atoms with van der Waals surface area (Å²) in [5.41, 5.74) is 4.95. The first-order chi connectivity index (χ1) is 8.00. The Morgan fingerprint density at radius 2 is 1.71 bits per heavy atom. The molecule has 0 bridgehead atoms. The average Bonchev–Trinajstić information content (AvgIpc) is 2.62. The van der Waals surface area contributed by atoms with Gasteiger partial charge in [0, 0.05) is 0 Å². The van der Waals surface area contributed by atoms with Crippen LogP contribution in [0.15, 0.2) is 12.1 Å². The summed E-state index contributed by atoms with van der Waals surface area (Å²) in [5, 5.41) is 10.6. The van der Waals surface area contributed by atoms with E-state index in [2.05, 4.69) is 39.8 Å². The number of aliphatic hydroxyl groups excluding tert-OH is 1. The molecule has 3 unspecified atom stereocenters. The largest absolute Gasteiger partial charge is 0.388 e. The topological polar surface area (TPSA) is 20.2 Å². The van der Waals surface area contributed by atoms with E-state index in [-0.39, 0.29) is 6.10 Å². The van der Waals surface area contributed by atoms with Crippen LogP contribution in [0.5, 0.6) is 0 Å². The zero-order valence-corrected chi connectivity index (χ0v) is 11.5. The summed E-state index contributed by atoms with van der Waals surface area (Å²) in [5.74, 6) is 1.11. The summed E-state index contributed by atoms with van der Waals surface area (Å²) in [6.45, 7) is 8.64. The SMILES string of the molecule is Cc1cc(C)c(C(O)C2CCCC2C)c(C)c1. The number of aryl methyl sites for hydroxylation is 3. The molecular weight excluding hydrogens is 208 g/mol. The van der Waals surface area contributed by atoms with Crippen LogP contribution in [0, 0.1) is 32.6 Å². The summed E-state index contributed by atoms with van der Waals surface area (Å²) >= 11 is 0. The second kappa shape index (κ2) is 4.81. The Morgan fingerprint density at radius 3 is 2.18 bits per heavy atom. The van der Waals surface area contributed by atoms with Gasteiger partial charge in [-0.1, -0.05) is 37.5 Å². The summed E-state index contributed by atoms with van der Waals surface area (Å²) in [7, 11) is 0. The molecular formula is C16H24O. The predicted molar refractivity (Wildman–Crippen MR) is 72.1 cm³/mol. The molecule has 1 nitrogen and oxygen atoms in total. The third-order valence-electron chi connectivity index (χ3n) is 4.37. The Bertz CT molecular complexity index is 385. The summed E-state index contributed by atoms with van der Waals surface area (Å²) in [6.07, 6.45) is 3.45. The van der Waals surface area contributed by atoms with Crippen molar-refractivity contribution in [3.63, 3.8) is 0 Å². The minimum Gasteiger partial charge on any atom is -0.388 e. The molecule has 1 aromatic carbocycles. The Kier molecular flexibility index (Phi) is 3.58. The van der Waals surface area contributed by atoms with Crippen LogP contribution in [0.25, 0.3) is 0 Å². The molecule has 0 amide bonds. The van der Waals surface area contributed by atoms with Gasteiger partial charge in [-0.25, -0.2) is 0 Å². The van der Waals surface area contributed by atoms with Gasteiger partial charge in [0.05, 0.1) is 6.10 Å². The van der Waals surface area contributed by atoms with Gasteiger partial charge in [-0.2, -0.15) is 0 Å². The van der Waals surface area contributed by atoms with Crippen LogP contribution in [0.4, 0.5) is 0 Å². The molecule has 1 heteroatoms. The van der Waals surface area contributed by atoms with Crippen molar-refractivity contribution in [3.05, 3.63) is 34.4 Å². The van der Waals surface area contributed by atoms with Crippen LogP contribution in [0.1, 0.15) is 54.5 Å². The zero-order chi connectivity index (χ0) is 12.6. The van der Waals surface area contributed by atoms with Crippen molar-refractivity contribution < 1.29 is 5.11 Å². The Morgan fingerprint density at radius 1 is 1.12 bits per heavy atom. The first kappa shape index (κ1) is 12.6. The molecule has 1 aromatic rings. The first-order valence-electron chi connectivity index (χ1n) is 6.76. The molecule has 1 aliphatic carbocycles. The fourth-order valence-corrected chi connectivity index (χ4v) is 3.51. The quantitative estimate of drug-likeness (QED) is 0.814. The van der Waals surface area contributed by atoms with Crippen LogP contribution in [0.2, 0.25) is 0 Å². The molecule has 0 aliphatic heterocycles. The molecule has 94 valence electrons. The maximum absolute atomic E-state index is 10.6. The highest BCUT2D eigenvalue weighted by atomic mass is 16.3. The summed E-state index contributed by atoms with van der Waals surface area (Å²) in [4.78, 5) is 0. The molecule has 17 heavy (non-hydrogen) atoms. The fraction of sp³-hybridized carbons (Fsp3) is 0.625. The second-order valence-corrected chi connectivity index (χ2v) is 5.83. The van der Waals surface area contributed by atoms with Gasteiger partial charge in [0.1, 0.15) is 0 Å². The van der Waals surface area contributed by atoms with Gasteiger partial charge in [0.25, 0.3) is 0 Å². The molecule has 3 atom stereocenters. The van der Waals surface area contributed by atoms with Gasteiger partial charge in [0.2, 0.25) is 0 Å². The van der Waals surface area contributed by atoms with Crippen LogP contribution < -0.4 is 0 Å². The maximum Gasteiger partial charge on any atom is 0.0825 e. The third kappa shape index (κ3) is 2.40. The van der Waals surface area contributed by atoms with E-state index >= 15 is 0 Å². The molecule has 1 N–H and O–H groups in total. The van der Waals surface area contributed by atoms with Crippen LogP contribution >= 0.6 is 0 Å². The van der Waals surface area contributed by atoms with E-state index in [0.717, 1.165) is 0 Å². The predicted octanol–water partition coefficient (Wildman–Crippen LogP) is 4.08. The third-order valence-corrected chi connectivity index (χ3v) is 4.37. The highest BCUT2D eigenvalue weighted by molar-refractivity contribution is 5.39. The molecule has 1 fully saturated rings. The average molecular weight is 232 g/mol. The van der Waals surface area contributed by atoms with Crippen molar-refractivity contribution >= 4 is 0 Å². The van der Waals surface area contributed by atoms with Crippen molar-refractivity contribution in [2.75, 3.05) is 0 Å². The molecule has 0 spiro atoms. The highest BCUT2D eigenvalue weighted by Gasteiger charge is 2.31. The van der Waals surface area contributed by atoms with E-state index < -0.39 is 0 Å². The van der Waals surface area contributed by atoms with Gasteiger partial charge in [0.15, 0.2) is 0 Å². The van der Waals surface area contributed by atoms with E-state index in [0.29, 0.717) is 11.8 Å². The standard InChI is InChI=1S/C16H24O/c1-10-8-12(3)15(13(4)9-10)16(17)14-7-5-6-11(14)2/h8-9,11,14,16-17H,5-7H2,1-4H3. The first-order valence-corrected chi connectivity index (χ1v) is 6.76. The van der Waals surface area contributed by atoms with Gasteiger partial charge >= 0.3 is 0 Å². The van der Waals surface area contributed by atoms with E-state index in [1.165, 1.54) is 41.5 Å². The van der Waals surface area contributed by atoms with Crippen molar-refractivity contribution in [1.29, 1.82) is 0 Å². The van der Waals surface area contributed by atoms with Crippen LogP contribution in [-0.2, 0) is 0 Å². The lowest BCUT2D eigenvalue weighted by Gasteiger charge is -2.25. The molecule has 2 rings (SSSR count). The number of benzene rings is 1. The van der Waals surface area contributed by atoms with E-state index in [4.69, 9.17) is 0 Å². The maximum atomic E-state index is 10.6. The van der Waals surface area contributed by atoms with Crippen molar-refractivity contribution in [3.8, 4) is 0 Å². The van der Waals surface area contributed by atoms with E-state index in [9.17, 15) is 5.11 Å².